The summed E-state index contributed by atoms with van der Waals surface area (Å²) < 4.78 is 0. The zero-order valence-corrected chi connectivity index (χ0v) is 22.3. The third-order valence-corrected chi connectivity index (χ3v) is 6.83. The maximum atomic E-state index is 13.8. The smallest absolute Gasteiger partial charge is 0.250 e. The number of hydrogen-bond acceptors (Lipinski definition) is 4. The van der Waals surface area contributed by atoms with Crippen LogP contribution in [0, 0.1) is 0 Å². The van der Waals surface area contributed by atoms with Crippen molar-refractivity contribution < 1.29 is 14.4 Å². The molecule has 0 bridgehead atoms. The Labute approximate surface area is 230 Å². The Balaban J connectivity index is 0.00000400. The molecule has 1 fully saturated rings. The van der Waals surface area contributed by atoms with E-state index in [2.05, 4.69) is 10.6 Å². The Morgan fingerprint density at radius 3 is 1.84 bits per heavy atom. The first kappa shape index (κ1) is 28.9. The van der Waals surface area contributed by atoms with Gasteiger partial charge in [0.05, 0.1) is 12.1 Å². The molecule has 1 aliphatic rings. The summed E-state index contributed by atoms with van der Waals surface area (Å²) in [5.41, 5.74) is 8.51. The SMILES string of the molecule is CC[C@H](N)C(=O)N[C@H](C(=O)N1CCC[C@H]1C(=O)NC(c1ccccc1)c1ccccc1)c1ccccc1.Cl. The number of benzene rings is 3. The molecular weight excluding hydrogens is 500 g/mol. The van der Waals surface area contributed by atoms with Gasteiger partial charge in [0.1, 0.15) is 12.1 Å². The van der Waals surface area contributed by atoms with E-state index in [1.165, 1.54) is 0 Å². The molecule has 0 aromatic heterocycles. The second-order valence-corrected chi connectivity index (χ2v) is 9.32. The predicted molar refractivity (Wildman–Crippen MR) is 150 cm³/mol. The normalized spacial score (nSPS) is 16.3. The molecule has 3 amide bonds. The summed E-state index contributed by atoms with van der Waals surface area (Å²) in [6.07, 6.45) is 1.71. The van der Waals surface area contributed by atoms with Crippen LogP contribution in [0.4, 0.5) is 0 Å². The zero-order valence-electron chi connectivity index (χ0n) is 21.5. The molecule has 7 nitrogen and oxygen atoms in total. The van der Waals surface area contributed by atoms with Gasteiger partial charge in [-0.05, 0) is 36.0 Å². The van der Waals surface area contributed by atoms with Crippen molar-refractivity contribution in [2.45, 2.75) is 50.4 Å². The van der Waals surface area contributed by atoms with Crippen LogP contribution in [-0.2, 0) is 14.4 Å². The number of hydrogen-bond donors (Lipinski definition) is 3. The Morgan fingerprint density at radius 1 is 0.842 bits per heavy atom. The molecule has 200 valence electrons. The topological polar surface area (TPSA) is 105 Å². The Kier molecular flexibility index (Phi) is 10.4. The standard InChI is InChI=1S/C30H34N4O3.ClH/c1-2-24(31)28(35)33-27(23-17-10-5-11-18-23)30(37)34-20-12-19-25(34)29(36)32-26(21-13-6-3-7-14-21)22-15-8-4-9-16-22;/h3-11,13-18,24-27H,2,12,19-20,31H2,1H3,(H,32,36)(H,33,35);1H/t24-,25-,27-;/m0./s1. The van der Waals surface area contributed by atoms with Crippen LogP contribution >= 0.6 is 12.4 Å². The molecule has 0 saturated carbocycles. The second kappa shape index (κ2) is 13.7. The molecule has 38 heavy (non-hydrogen) atoms. The highest BCUT2D eigenvalue weighted by molar-refractivity contribution is 5.94. The molecule has 0 spiro atoms. The molecule has 3 aromatic carbocycles. The van der Waals surface area contributed by atoms with E-state index in [0.29, 0.717) is 31.4 Å². The molecule has 1 aliphatic heterocycles. The largest absolute Gasteiger partial charge is 0.343 e. The molecule has 1 saturated heterocycles. The molecule has 8 heteroatoms. The van der Waals surface area contributed by atoms with Gasteiger partial charge in [0.15, 0.2) is 0 Å². The van der Waals surface area contributed by atoms with Gasteiger partial charge in [0, 0.05) is 6.54 Å². The Hall–Kier alpha value is -3.68. The van der Waals surface area contributed by atoms with Crippen LogP contribution in [0.5, 0.6) is 0 Å². The van der Waals surface area contributed by atoms with Gasteiger partial charge in [-0.3, -0.25) is 14.4 Å². The molecule has 4 N–H and O–H groups in total. The van der Waals surface area contributed by atoms with E-state index in [1.807, 2.05) is 85.8 Å². The number of nitrogens with zero attached hydrogens (tertiary/aromatic N) is 1. The van der Waals surface area contributed by atoms with E-state index in [4.69, 9.17) is 5.73 Å². The maximum Gasteiger partial charge on any atom is 0.250 e. The molecule has 3 atom stereocenters. The van der Waals surface area contributed by atoms with Gasteiger partial charge < -0.3 is 21.3 Å². The van der Waals surface area contributed by atoms with Crippen molar-refractivity contribution >= 4 is 30.1 Å². The van der Waals surface area contributed by atoms with Crippen molar-refractivity contribution in [1.82, 2.24) is 15.5 Å². The van der Waals surface area contributed by atoms with Crippen molar-refractivity contribution in [1.29, 1.82) is 0 Å². The minimum absolute atomic E-state index is 0. The van der Waals surface area contributed by atoms with E-state index in [9.17, 15) is 14.4 Å². The molecule has 1 heterocycles. The van der Waals surface area contributed by atoms with Crippen molar-refractivity contribution in [3.63, 3.8) is 0 Å². The molecule has 4 rings (SSSR count). The van der Waals surface area contributed by atoms with Crippen LogP contribution in [0.15, 0.2) is 91.0 Å². The van der Waals surface area contributed by atoms with Gasteiger partial charge in [-0.15, -0.1) is 12.4 Å². The number of carbonyl (C=O) groups is 3. The van der Waals surface area contributed by atoms with Gasteiger partial charge >= 0.3 is 0 Å². The highest BCUT2D eigenvalue weighted by Crippen LogP contribution is 2.27. The summed E-state index contributed by atoms with van der Waals surface area (Å²) in [6, 6.07) is 26.0. The summed E-state index contributed by atoms with van der Waals surface area (Å²) in [7, 11) is 0. The van der Waals surface area contributed by atoms with Gasteiger partial charge in [-0.25, -0.2) is 0 Å². The lowest BCUT2D eigenvalue weighted by Crippen LogP contribution is -2.52. The van der Waals surface area contributed by atoms with Crippen LogP contribution in [0.2, 0.25) is 0 Å². The number of carbonyl (C=O) groups excluding carboxylic acids is 3. The molecule has 0 unspecified atom stereocenters. The number of rotatable bonds is 9. The van der Waals surface area contributed by atoms with Crippen LogP contribution in [0.1, 0.15) is 55.0 Å². The minimum Gasteiger partial charge on any atom is -0.343 e. The van der Waals surface area contributed by atoms with Crippen molar-refractivity contribution in [3.05, 3.63) is 108 Å². The Morgan fingerprint density at radius 2 is 1.34 bits per heavy atom. The van der Waals surface area contributed by atoms with E-state index in [1.54, 1.807) is 17.0 Å². The van der Waals surface area contributed by atoms with Gasteiger partial charge in [0.25, 0.3) is 0 Å². The first-order valence-electron chi connectivity index (χ1n) is 12.8. The van der Waals surface area contributed by atoms with Crippen LogP contribution in [-0.4, -0.2) is 41.2 Å². The summed E-state index contributed by atoms with van der Waals surface area (Å²) >= 11 is 0. The summed E-state index contributed by atoms with van der Waals surface area (Å²) in [5, 5.41) is 6.01. The van der Waals surface area contributed by atoms with E-state index in [0.717, 1.165) is 11.1 Å². The zero-order chi connectivity index (χ0) is 26.2. The fraction of sp³-hybridized carbons (Fsp3) is 0.300. The number of amides is 3. The Bertz CT molecular complexity index is 1150. The van der Waals surface area contributed by atoms with E-state index >= 15 is 0 Å². The number of likely N-dealkylation sites (tertiary alicyclic amines) is 1. The van der Waals surface area contributed by atoms with E-state index < -0.39 is 24.0 Å². The van der Waals surface area contributed by atoms with E-state index in [-0.39, 0.29) is 30.3 Å². The lowest BCUT2D eigenvalue weighted by molar-refractivity contribution is -0.141. The molecular formula is C30H35ClN4O3. The van der Waals surface area contributed by atoms with Gasteiger partial charge in [-0.1, -0.05) is 97.9 Å². The van der Waals surface area contributed by atoms with Gasteiger partial charge in [-0.2, -0.15) is 0 Å². The first-order valence-corrected chi connectivity index (χ1v) is 12.8. The fourth-order valence-electron chi connectivity index (χ4n) is 4.73. The summed E-state index contributed by atoms with van der Waals surface area (Å²) in [5.74, 6) is -0.915. The van der Waals surface area contributed by atoms with Crippen molar-refractivity contribution in [2.24, 2.45) is 5.73 Å². The third kappa shape index (κ3) is 6.79. The van der Waals surface area contributed by atoms with Gasteiger partial charge in [0.2, 0.25) is 17.7 Å². The second-order valence-electron chi connectivity index (χ2n) is 9.32. The lowest BCUT2D eigenvalue weighted by Gasteiger charge is -2.30. The van der Waals surface area contributed by atoms with Crippen LogP contribution < -0.4 is 16.4 Å². The predicted octanol–water partition coefficient (Wildman–Crippen LogP) is 3.90. The van der Waals surface area contributed by atoms with Crippen LogP contribution in [0.25, 0.3) is 0 Å². The van der Waals surface area contributed by atoms with Crippen LogP contribution in [0.3, 0.4) is 0 Å². The van der Waals surface area contributed by atoms with Crippen molar-refractivity contribution in [3.8, 4) is 0 Å². The summed E-state index contributed by atoms with van der Waals surface area (Å²) in [6.45, 7) is 2.26. The molecule has 0 aliphatic carbocycles. The highest BCUT2D eigenvalue weighted by atomic mass is 35.5. The molecule has 0 radical (unpaired) electrons. The quantitative estimate of drug-likeness (QED) is 0.387. The number of halogens is 1. The minimum atomic E-state index is -0.918. The fourth-order valence-corrected chi connectivity index (χ4v) is 4.73. The number of nitrogens with one attached hydrogen (secondary N) is 2. The number of nitrogens with two attached hydrogens (primary N) is 1. The first-order chi connectivity index (χ1) is 18.0. The summed E-state index contributed by atoms with van der Waals surface area (Å²) in [4.78, 5) is 41.7. The lowest BCUT2D eigenvalue weighted by atomic mass is 9.98. The van der Waals surface area contributed by atoms with Crippen molar-refractivity contribution in [2.75, 3.05) is 6.54 Å². The molecule has 3 aromatic rings. The highest BCUT2D eigenvalue weighted by Gasteiger charge is 2.39. The average Bonchev–Trinajstić information content (AvgIpc) is 3.45. The third-order valence-electron chi connectivity index (χ3n) is 6.83. The maximum absolute atomic E-state index is 13.8. The average molecular weight is 535 g/mol. The monoisotopic (exact) mass is 534 g/mol.